The average molecular weight is 333 g/mol. The molecule has 6 heteroatoms. The maximum atomic E-state index is 12.2. The fourth-order valence-electron chi connectivity index (χ4n) is 2.17. The van der Waals surface area contributed by atoms with E-state index < -0.39 is 5.97 Å². The van der Waals surface area contributed by atoms with Crippen LogP contribution >= 0.6 is 11.3 Å². The van der Waals surface area contributed by atoms with Crippen LogP contribution in [0.5, 0.6) is 5.75 Å². The zero-order valence-electron chi connectivity index (χ0n) is 13.1. The van der Waals surface area contributed by atoms with Gasteiger partial charge in [0.15, 0.2) is 0 Å². The maximum absolute atomic E-state index is 12.2. The van der Waals surface area contributed by atoms with Gasteiger partial charge in [-0.3, -0.25) is 4.79 Å². The molecule has 0 saturated heterocycles. The van der Waals surface area contributed by atoms with Crippen LogP contribution < -0.4 is 4.74 Å². The molecule has 0 atom stereocenters. The first-order valence-corrected chi connectivity index (χ1v) is 8.04. The fraction of sp³-hybridized carbons (Fsp3) is 0.294. The number of aryl methyl sites for hydroxylation is 1. The summed E-state index contributed by atoms with van der Waals surface area (Å²) in [6, 6.07) is 10.9. The normalized spacial score (nSPS) is 10.3. The lowest BCUT2D eigenvalue weighted by molar-refractivity contribution is 0.0701. The van der Waals surface area contributed by atoms with Gasteiger partial charge in [-0.1, -0.05) is 12.1 Å². The Balaban J connectivity index is 1.84. The third-order valence-electron chi connectivity index (χ3n) is 3.49. The molecule has 1 aromatic heterocycles. The van der Waals surface area contributed by atoms with Crippen LogP contribution in [0.4, 0.5) is 0 Å². The van der Waals surface area contributed by atoms with E-state index in [-0.39, 0.29) is 10.8 Å². The van der Waals surface area contributed by atoms with Crippen molar-refractivity contribution in [2.24, 2.45) is 0 Å². The predicted octanol–water partition coefficient (Wildman–Crippen LogP) is 3.16. The molecule has 0 aliphatic carbocycles. The summed E-state index contributed by atoms with van der Waals surface area (Å²) in [4.78, 5) is 25.4. The van der Waals surface area contributed by atoms with Crippen LogP contribution in [0.3, 0.4) is 0 Å². The largest absolute Gasteiger partial charge is 0.497 e. The van der Waals surface area contributed by atoms with Crippen LogP contribution in [-0.2, 0) is 6.42 Å². The van der Waals surface area contributed by atoms with Crippen molar-refractivity contribution in [1.29, 1.82) is 0 Å². The Morgan fingerprint density at radius 1 is 1.13 bits per heavy atom. The van der Waals surface area contributed by atoms with Crippen molar-refractivity contribution in [2.75, 3.05) is 20.7 Å². The lowest BCUT2D eigenvalue weighted by Crippen LogP contribution is -2.27. The lowest BCUT2D eigenvalue weighted by atomic mass is 10.1. The molecular formula is C17H19NO4S. The van der Waals surface area contributed by atoms with E-state index in [9.17, 15) is 9.59 Å². The second-order valence-electron chi connectivity index (χ2n) is 5.15. The molecule has 122 valence electrons. The molecule has 0 saturated carbocycles. The van der Waals surface area contributed by atoms with Crippen molar-refractivity contribution >= 4 is 23.2 Å². The number of aromatic carboxylic acids is 1. The van der Waals surface area contributed by atoms with Crippen LogP contribution in [0, 0.1) is 0 Å². The summed E-state index contributed by atoms with van der Waals surface area (Å²) in [5.41, 5.74) is 1.19. The Kier molecular flexibility index (Phi) is 5.76. The van der Waals surface area contributed by atoms with Crippen molar-refractivity contribution in [2.45, 2.75) is 12.8 Å². The quantitative estimate of drug-likeness (QED) is 0.845. The Labute approximate surface area is 139 Å². The number of rotatable bonds is 7. The highest BCUT2D eigenvalue weighted by atomic mass is 32.1. The predicted molar refractivity (Wildman–Crippen MR) is 89.6 cm³/mol. The number of methoxy groups -OCH3 is 1. The molecule has 1 amide bonds. The molecule has 1 heterocycles. The molecule has 5 nitrogen and oxygen atoms in total. The number of carboxylic acid groups (broad SMARTS) is 1. The van der Waals surface area contributed by atoms with Gasteiger partial charge >= 0.3 is 5.97 Å². The van der Waals surface area contributed by atoms with Crippen LogP contribution in [-0.4, -0.2) is 42.6 Å². The van der Waals surface area contributed by atoms with Crippen molar-refractivity contribution < 1.29 is 19.4 Å². The fourth-order valence-corrected chi connectivity index (χ4v) is 3.01. The van der Waals surface area contributed by atoms with Crippen molar-refractivity contribution in [3.63, 3.8) is 0 Å². The number of amides is 1. The summed E-state index contributed by atoms with van der Waals surface area (Å²) in [5, 5.41) is 8.90. The van der Waals surface area contributed by atoms with Gasteiger partial charge < -0.3 is 14.7 Å². The summed E-state index contributed by atoms with van der Waals surface area (Å²) in [6.45, 7) is 0.616. The van der Waals surface area contributed by atoms with E-state index in [2.05, 4.69) is 0 Å². The molecule has 1 N–H and O–H groups in total. The van der Waals surface area contributed by atoms with Gasteiger partial charge in [-0.25, -0.2) is 4.79 Å². The molecule has 0 spiro atoms. The minimum absolute atomic E-state index is 0.141. The molecule has 0 aliphatic heterocycles. The van der Waals surface area contributed by atoms with E-state index in [1.165, 1.54) is 11.6 Å². The summed E-state index contributed by atoms with van der Waals surface area (Å²) >= 11 is 1.01. The van der Waals surface area contributed by atoms with Crippen LogP contribution in [0.2, 0.25) is 0 Å². The number of carbonyl (C=O) groups excluding carboxylic acids is 1. The highest BCUT2D eigenvalue weighted by Gasteiger charge is 2.16. The third kappa shape index (κ3) is 4.56. The van der Waals surface area contributed by atoms with Crippen LogP contribution in [0.1, 0.15) is 31.3 Å². The van der Waals surface area contributed by atoms with E-state index in [4.69, 9.17) is 9.84 Å². The topological polar surface area (TPSA) is 66.8 Å². The zero-order chi connectivity index (χ0) is 16.8. The smallest absolute Gasteiger partial charge is 0.345 e. The number of hydrogen-bond acceptors (Lipinski definition) is 4. The zero-order valence-corrected chi connectivity index (χ0v) is 13.9. The Morgan fingerprint density at radius 2 is 1.78 bits per heavy atom. The third-order valence-corrected chi connectivity index (χ3v) is 4.55. The number of ether oxygens (including phenoxy) is 1. The Bertz CT molecular complexity index is 678. The van der Waals surface area contributed by atoms with E-state index in [0.29, 0.717) is 11.4 Å². The van der Waals surface area contributed by atoms with Gasteiger partial charge in [0, 0.05) is 13.6 Å². The monoisotopic (exact) mass is 333 g/mol. The first kappa shape index (κ1) is 17.0. The highest BCUT2D eigenvalue weighted by Crippen LogP contribution is 2.18. The van der Waals surface area contributed by atoms with E-state index in [1.807, 2.05) is 24.3 Å². The molecule has 23 heavy (non-hydrogen) atoms. The van der Waals surface area contributed by atoms with Crippen molar-refractivity contribution in [3.8, 4) is 5.75 Å². The number of benzene rings is 1. The van der Waals surface area contributed by atoms with Gasteiger partial charge in [0.05, 0.1) is 12.0 Å². The van der Waals surface area contributed by atoms with Gasteiger partial charge in [-0.05, 0) is 42.7 Å². The second kappa shape index (κ2) is 7.78. The maximum Gasteiger partial charge on any atom is 0.345 e. The second-order valence-corrected chi connectivity index (χ2v) is 6.23. The molecule has 0 aliphatic rings. The van der Waals surface area contributed by atoms with Crippen molar-refractivity contribution in [3.05, 3.63) is 51.7 Å². The standard InChI is InChI=1S/C17H19NO4S/c1-18(16(19)14-9-10-15(23-14)17(20)21)11-3-4-12-5-7-13(22-2)8-6-12/h5-10H,3-4,11H2,1-2H3,(H,20,21). The number of carbonyl (C=O) groups is 2. The average Bonchev–Trinajstić information content (AvgIpc) is 3.05. The van der Waals surface area contributed by atoms with Gasteiger partial charge in [0.25, 0.3) is 5.91 Å². The first-order chi connectivity index (χ1) is 11.0. The van der Waals surface area contributed by atoms with Gasteiger partial charge in [-0.15, -0.1) is 11.3 Å². The Hall–Kier alpha value is -2.34. The first-order valence-electron chi connectivity index (χ1n) is 7.23. The molecular weight excluding hydrogens is 314 g/mol. The molecule has 0 radical (unpaired) electrons. The van der Waals surface area contributed by atoms with Crippen molar-refractivity contribution in [1.82, 2.24) is 4.90 Å². The molecule has 0 bridgehead atoms. The number of hydrogen-bond donors (Lipinski definition) is 1. The molecule has 2 rings (SSSR count). The SMILES string of the molecule is COc1ccc(CCCN(C)C(=O)c2ccc(C(=O)O)s2)cc1. The van der Waals surface area contributed by atoms with Gasteiger partial charge in [0.2, 0.25) is 0 Å². The summed E-state index contributed by atoms with van der Waals surface area (Å²) in [5.74, 6) is -0.318. The minimum atomic E-state index is -1.00. The van der Waals surface area contributed by atoms with E-state index >= 15 is 0 Å². The van der Waals surface area contributed by atoms with Gasteiger partial charge in [0.1, 0.15) is 10.6 Å². The number of carboxylic acids is 1. The summed E-state index contributed by atoms with van der Waals surface area (Å²) in [6.07, 6.45) is 1.71. The molecule has 0 unspecified atom stereocenters. The summed E-state index contributed by atoms with van der Waals surface area (Å²) < 4.78 is 5.12. The lowest BCUT2D eigenvalue weighted by Gasteiger charge is -2.16. The minimum Gasteiger partial charge on any atom is -0.497 e. The molecule has 1 aromatic carbocycles. The van der Waals surface area contributed by atoms with Gasteiger partial charge in [-0.2, -0.15) is 0 Å². The summed E-state index contributed by atoms with van der Waals surface area (Å²) in [7, 11) is 3.37. The van der Waals surface area contributed by atoms with Crippen LogP contribution in [0.15, 0.2) is 36.4 Å². The van der Waals surface area contributed by atoms with Crippen LogP contribution in [0.25, 0.3) is 0 Å². The van der Waals surface area contributed by atoms with E-state index in [1.54, 1.807) is 25.1 Å². The van der Waals surface area contributed by atoms with E-state index in [0.717, 1.165) is 29.9 Å². The molecule has 0 fully saturated rings. The Morgan fingerprint density at radius 3 is 2.35 bits per heavy atom. The number of nitrogens with zero attached hydrogens (tertiary/aromatic N) is 1. The highest BCUT2D eigenvalue weighted by molar-refractivity contribution is 7.15. The number of thiophene rings is 1. The molecule has 2 aromatic rings.